The standard InChI is InChI=1S/C20H20N2O7/c1-12-5-13(2)7-16(6-12)29-17-9-14(8-15(10-17)22(25)26)21-18(20(24)28-4)11-19(23)27-3/h5-11,21H,1-4H3/b18-11+. The maximum atomic E-state index is 11.9. The maximum absolute atomic E-state index is 11.9. The van der Waals surface area contributed by atoms with E-state index in [1.165, 1.54) is 18.2 Å². The number of nitrogens with one attached hydrogen (secondary N) is 1. The van der Waals surface area contributed by atoms with E-state index in [0.29, 0.717) is 5.75 Å². The van der Waals surface area contributed by atoms with Crippen molar-refractivity contribution in [3.63, 3.8) is 0 Å². The second-order valence-electron chi connectivity index (χ2n) is 6.10. The van der Waals surface area contributed by atoms with E-state index in [1.54, 1.807) is 12.1 Å². The van der Waals surface area contributed by atoms with Crippen LogP contribution in [0.5, 0.6) is 11.5 Å². The Kier molecular flexibility index (Phi) is 6.91. The highest BCUT2D eigenvalue weighted by Crippen LogP contribution is 2.31. The molecule has 2 aromatic carbocycles. The van der Waals surface area contributed by atoms with Gasteiger partial charge in [0.05, 0.1) is 31.3 Å². The molecule has 0 aliphatic rings. The number of hydrogen-bond acceptors (Lipinski definition) is 8. The number of nitro benzene ring substituents is 1. The monoisotopic (exact) mass is 400 g/mol. The molecule has 0 heterocycles. The number of carbonyl (C=O) groups is 2. The predicted molar refractivity (Wildman–Crippen MR) is 105 cm³/mol. The molecule has 0 aliphatic carbocycles. The van der Waals surface area contributed by atoms with Gasteiger partial charge in [0.15, 0.2) is 0 Å². The summed E-state index contributed by atoms with van der Waals surface area (Å²) >= 11 is 0. The van der Waals surface area contributed by atoms with Crippen LogP contribution in [0.1, 0.15) is 11.1 Å². The third-order valence-corrected chi connectivity index (χ3v) is 3.68. The Morgan fingerprint density at radius 3 is 2.14 bits per heavy atom. The minimum Gasteiger partial charge on any atom is -0.466 e. The summed E-state index contributed by atoms with van der Waals surface area (Å²) in [6.07, 6.45) is 0.884. The van der Waals surface area contributed by atoms with Crippen molar-refractivity contribution in [3.8, 4) is 11.5 Å². The van der Waals surface area contributed by atoms with Gasteiger partial charge in [-0.1, -0.05) is 6.07 Å². The number of benzene rings is 2. The lowest BCUT2D eigenvalue weighted by molar-refractivity contribution is -0.384. The van der Waals surface area contributed by atoms with E-state index in [4.69, 9.17) is 4.74 Å². The summed E-state index contributed by atoms with van der Waals surface area (Å²) in [7, 11) is 2.29. The number of carbonyl (C=O) groups excluding carboxylic acids is 2. The fourth-order valence-electron chi connectivity index (χ4n) is 2.54. The first-order valence-corrected chi connectivity index (χ1v) is 8.42. The number of methoxy groups -OCH3 is 2. The number of hydrogen-bond donors (Lipinski definition) is 1. The van der Waals surface area contributed by atoms with Crippen molar-refractivity contribution in [1.82, 2.24) is 0 Å². The molecular weight excluding hydrogens is 380 g/mol. The molecule has 0 bridgehead atoms. The zero-order valence-corrected chi connectivity index (χ0v) is 16.3. The number of non-ortho nitro benzene ring substituents is 1. The predicted octanol–water partition coefficient (Wildman–Crippen LogP) is 3.65. The molecule has 0 atom stereocenters. The zero-order valence-electron chi connectivity index (χ0n) is 16.3. The van der Waals surface area contributed by atoms with Crippen LogP contribution in [0.3, 0.4) is 0 Å². The molecule has 0 radical (unpaired) electrons. The lowest BCUT2D eigenvalue weighted by Crippen LogP contribution is -2.15. The molecule has 0 amide bonds. The van der Waals surface area contributed by atoms with Crippen LogP contribution in [0.4, 0.5) is 11.4 Å². The molecule has 9 nitrogen and oxygen atoms in total. The number of rotatable bonds is 7. The van der Waals surface area contributed by atoms with Gasteiger partial charge in [-0.2, -0.15) is 0 Å². The SMILES string of the molecule is COC(=O)/C=C(/Nc1cc(Oc2cc(C)cc(C)c2)cc([N+](=O)[O-])c1)C(=O)OC. The van der Waals surface area contributed by atoms with Gasteiger partial charge in [0, 0.05) is 17.8 Å². The van der Waals surface area contributed by atoms with Gasteiger partial charge in [0.2, 0.25) is 0 Å². The summed E-state index contributed by atoms with van der Waals surface area (Å²) in [5.74, 6) is -0.963. The summed E-state index contributed by atoms with van der Waals surface area (Å²) in [4.78, 5) is 34.1. The van der Waals surface area contributed by atoms with Crippen LogP contribution in [0.15, 0.2) is 48.2 Å². The van der Waals surface area contributed by atoms with E-state index in [0.717, 1.165) is 31.4 Å². The van der Waals surface area contributed by atoms with Crippen molar-refractivity contribution in [2.75, 3.05) is 19.5 Å². The largest absolute Gasteiger partial charge is 0.466 e. The van der Waals surface area contributed by atoms with Gasteiger partial charge in [-0.25, -0.2) is 9.59 Å². The maximum Gasteiger partial charge on any atom is 0.354 e. The quantitative estimate of drug-likeness (QED) is 0.324. The third kappa shape index (κ3) is 6.06. The van der Waals surface area contributed by atoms with E-state index in [9.17, 15) is 19.7 Å². The minimum atomic E-state index is -0.848. The molecule has 152 valence electrons. The number of esters is 2. The van der Waals surface area contributed by atoms with E-state index < -0.39 is 16.9 Å². The molecule has 0 fully saturated rings. The van der Waals surface area contributed by atoms with Gasteiger partial charge >= 0.3 is 11.9 Å². The normalized spacial score (nSPS) is 10.8. The molecule has 0 saturated carbocycles. The van der Waals surface area contributed by atoms with Crippen molar-refractivity contribution in [3.05, 3.63) is 69.4 Å². The van der Waals surface area contributed by atoms with E-state index >= 15 is 0 Å². The molecule has 2 rings (SSSR count). The van der Waals surface area contributed by atoms with Crippen molar-refractivity contribution < 1.29 is 28.7 Å². The van der Waals surface area contributed by atoms with Gasteiger partial charge in [0.25, 0.3) is 5.69 Å². The van der Waals surface area contributed by atoms with Gasteiger partial charge in [-0.3, -0.25) is 10.1 Å². The van der Waals surface area contributed by atoms with Gasteiger partial charge < -0.3 is 19.5 Å². The first kappa shape index (κ1) is 21.4. The molecular formula is C20H20N2O7. The molecule has 0 saturated heterocycles. The van der Waals surface area contributed by atoms with Gasteiger partial charge in [-0.05, 0) is 37.1 Å². The van der Waals surface area contributed by atoms with E-state index in [-0.39, 0.29) is 22.8 Å². The summed E-state index contributed by atoms with van der Waals surface area (Å²) in [6, 6.07) is 9.45. The number of nitrogens with zero attached hydrogens (tertiary/aromatic N) is 1. The minimum absolute atomic E-state index is 0.152. The van der Waals surface area contributed by atoms with Crippen LogP contribution in [-0.4, -0.2) is 31.1 Å². The van der Waals surface area contributed by atoms with Crippen LogP contribution in [-0.2, 0) is 19.1 Å². The molecule has 0 spiro atoms. The second kappa shape index (κ2) is 9.36. The first-order chi connectivity index (χ1) is 13.7. The highest BCUT2D eigenvalue weighted by molar-refractivity contribution is 5.98. The number of aryl methyl sites for hydroxylation is 2. The van der Waals surface area contributed by atoms with Gasteiger partial charge in [-0.15, -0.1) is 0 Å². The zero-order chi connectivity index (χ0) is 21.6. The fraction of sp³-hybridized carbons (Fsp3) is 0.200. The van der Waals surface area contributed by atoms with Gasteiger partial charge in [0.1, 0.15) is 17.2 Å². The second-order valence-corrected chi connectivity index (χ2v) is 6.10. The molecule has 9 heteroatoms. The summed E-state index contributed by atoms with van der Waals surface area (Å²) in [6.45, 7) is 3.81. The van der Waals surface area contributed by atoms with Crippen molar-refractivity contribution in [1.29, 1.82) is 0 Å². The van der Waals surface area contributed by atoms with Crippen LogP contribution in [0, 0.1) is 24.0 Å². The Hall–Kier alpha value is -3.88. The van der Waals surface area contributed by atoms with Crippen molar-refractivity contribution in [2.24, 2.45) is 0 Å². The molecule has 29 heavy (non-hydrogen) atoms. The average molecular weight is 400 g/mol. The van der Waals surface area contributed by atoms with Crippen molar-refractivity contribution in [2.45, 2.75) is 13.8 Å². The third-order valence-electron chi connectivity index (χ3n) is 3.68. The molecule has 0 aliphatic heterocycles. The fourth-order valence-corrected chi connectivity index (χ4v) is 2.54. The Balaban J connectivity index is 2.43. The van der Waals surface area contributed by atoms with Crippen LogP contribution in [0.25, 0.3) is 0 Å². The molecule has 0 unspecified atom stereocenters. The Morgan fingerprint density at radius 2 is 1.59 bits per heavy atom. The molecule has 2 aromatic rings. The number of anilines is 1. The summed E-state index contributed by atoms with van der Waals surface area (Å²) < 4.78 is 14.9. The number of ether oxygens (including phenoxy) is 3. The van der Waals surface area contributed by atoms with E-state index in [2.05, 4.69) is 14.8 Å². The number of nitro groups is 1. The Labute approximate surface area is 167 Å². The molecule has 0 aromatic heterocycles. The summed E-state index contributed by atoms with van der Waals surface area (Å²) in [5, 5.41) is 13.9. The van der Waals surface area contributed by atoms with E-state index in [1.807, 2.05) is 19.9 Å². The Bertz CT molecular complexity index is 963. The van der Waals surface area contributed by atoms with Crippen LogP contribution < -0.4 is 10.1 Å². The lowest BCUT2D eigenvalue weighted by atomic mass is 10.1. The van der Waals surface area contributed by atoms with Crippen LogP contribution in [0.2, 0.25) is 0 Å². The highest BCUT2D eigenvalue weighted by Gasteiger charge is 2.17. The topological polar surface area (TPSA) is 117 Å². The Morgan fingerprint density at radius 1 is 0.966 bits per heavy atom. The highest BCUT2D eigenvalue weighted by atomic mass is 16.6. The van der Waals surface area contributed by atoms with Crippen molar-refractivity contribution >= 4 is 23.3 Å². The lowest BCUT2D eigenvalue weighted by Gasteiger charge is -2.12. The average Bonchev–Trinajstić information content (AvgIpc) is 2.65. The first-order valence-electron chi connectivity index (χ1n) is 8.42. The smallest absolute Gasteiger partial charge is 0.354 e. The van der Waals surface area contributed by atoms with Crippen LogP contribution >= 0.6 is 0 Å². The molecule has 1 N–H and O–H groups in total. The summed E-state index contributed by atoms with van der Waals surface area (Å²) in [5.41, 5.74) is 1.57.